The van der Waals surface area contributed by atoms with Gasteiger partial charge in [-0.25, -0.2) is 0 Å². The number of fused-ring (bicyclic) bond motifs is 2. The summed E-state index contributed by atoms with van der Waals surface area (Å²) in [5, 5.41) is 3.52. The molecule has 1 aliphatic heterocycles. The van der Waals surface area contributed by atoms with Crippen LogP contribution >= 0.6 is 24.2 Å². The van der Waals surface area contributed by atoms with Crippen molar-refractivity contribution in [3.05, 3.63) is 54.1 Å². The van der Waals surface area contributed by atoms with E-state index in [0.717, 1.165) is 11.5 Å². The lowest BCUT2D eigenvalue weighted by molar-refractivity contribution is 1.06. The minimum absolute atomic E-state index is 0. The number of nitrogens with one attached hydrogen (secondary N) is 1. The zero-order valence-electron chi connectivity index (χ0n) is 10.9. The number of aliphatic imine (C=N–C) groups is 1. The van der Waals surface area contributed by atoms with Crippen LogP contribution in [0.5, 0.6) is 0 Å². The van der Waals surface area contributed by atoms with Crippen LogP contribution in [0, 0.1) is 0 Å². The van der Waals surface area contributed by atoms with Gasteiger partial charge in [0.05, 0.1) is 11.7 Å². The number of para-hydroxylation sites is 1. The van der Waals surface area contributed by atoms with E-state index in [1.807, 2.05) is 11.8 Å². The van der Waals surface area contributed by atoms with Gasteiger partial charge in [0.25, 0.3) is 0 Å². The van der Waals surface area contributed by atoms with Gasteiger partial charge in [-0.15, -0.1) is 12.4 Å². The first kappa shape index (κ1) is 13.5. The van der Waals surface area contributed by atoms with E-state index < -0.39 is 0 Å². The van der Waals surface area contributed by atoms with E-state index in [2.05, 4.69) is 53.8 Å². The molecule has 0 unspecified atom stereocenters. The monoisotopic (exact) mass is 302 g/mol. The van der Waals surface area contributed by atoms with Gasteiger partial charge in [-0.3, -0.25) is 4.99 Å². The molecule has 1 fully saturated rings. The Morgan fingerprint density at radius 3 is 2.45 bits per heavy atom. The van der Waals surface area contributed by atoms with Crippen molar-refractivity contribution in [1.29, 1.82) is 0 Å². The average Bonchev–Trinajstić information content (AvgIpc) is 3.25. The summed E-state index contributed by atoms with van der Waals surface area (Å²) in [6, 6.07) is 17.4. The number of rotatable bonds is 1. The van der Waals surface area contributed by atoms with E-state index in [-0.39, 0.29) is 12.4 Å². The minimum atomic E-state index is 0. The molecule has 102 valence electrons. The Kier molecular flexibility index (Phi) is 3.72. The van der Waals surface area contributed by atoms with E-state index in [9.17, 15) is 0 Å². The number of nitrogens with zero attached hydrogens (tertiary/aromatic N) is 1. The first-order valence-electron chi connectivity index (χ1n) is 6.61. The maximum atomic E-state index is 4.84. The van der Waals surface area contributed by atoms with Crippen molar-refractivity contribution in [2.75, 3.05) is 5.32 Å². The van der Waals surface area contributed by atoms with Gasteiger partial charge < -0.3 is 5.32 Å². The van der Waals surface area contributed by atoms with Crippen molar-refractivity contribution in [3.8, 4) is 0 Å². The highest BCUT2D eigenvalue weighted by Gasteiger charge is 2.24. The van der Waals surface area contributed by atoms with Gasteiger partial charge >= 0.3 is 0 Å². The number of amidine groups is 1. The summed E-state index contributed by atoms with van der Waals surface area (Å²) in [5.41, 5.74) is 2.37. The molecule has 0 bridgehead atoms. The molecule has 0 radical (unpaired) electrons. The van der Waals surface area contributed by atoms with E-state index in [0.29, 0.717) is 6.04 Å². The fraction of sp³-hybridized carbons (Fsp3) is 0.188. The molecule has 2 aromatic rings. The predicted octanol–water partition coefficient (Wildman–Crippen LogP) is 4.59. The highest BCUT2D eigenvalue weighted by atomic mass is 35.5. The molecule has 2 aromatic carbocycles. The summed E-state index contributed by atoms with van der Waals surface area (Å²) in [6.45, 7) is 0. The summed E-state index contributed by atoms with van der Waals surface area (Å²) in [4.78, 5) is 7.38. The number of hydrogen-bond acceptors (Lipinski definition) is 2. The Balaban J connectivity index is 0.00000121. The topological polar surface area (TPSA) is 24.4 Å². The lowest BCUT2D eigenvalue weighted by atomic mass is 10.2. The summed E-state index contributed by atoms with van der Waals surface area (Å²) in [6.07, 6.45) is 2.45. The van der Waals surface area contributed by atoms with E-state index in [1.54, 1.807) is 0 Å². The standard InChI is InChI=1S/C16H14N2S.ClH/c1-3-7-14-12(5-1)16(17-11-9-10-11)18-13-6-2-4-8-15(13)19-14;/h1-8,11H,9-10H2,(H,17,18);1H. The molecule has 2 aliphatic rings. The SMILES string of the molecule is Cl.c1ccc2c(c1)NC(=NC1CC1)c1ccccc1S2. The second kappa shape index (κ2) is 5.51. The molecule has 0 spiro atoms. The lowest BCUT2D eigenvalue weighted by Gasteiger charge is -2.09. The molecular weight excluding hydrogens is 288 g/mol. The smallest absolute Gasteiger partial charge is 0.134 e. The Labute approximate surface area is 129 Å². The van der Waals surface area contributed by atoms with E-state index >= 15 is 0 Å². The maximum Gasteiger partial charge on any atom is 0.134 e. The summed E-state index contributed by atoms with van der Waals surface area (Å²) >= 11 is 1.81. The quantitative estimate of drug-likeness (QED) is 0.833. The van der Waals surface area contributed by atoms with Crippen LogP contribution in [0.15, 0.2) is 63.3 Å². The van der Waals surface area contributed by atoms with Gasteiger partial charge in [0.1, 0.15) is 5.84 Å². The first-order chi connectivity index (χ1) is 9.40. The molecule has 2 nitrogen and oxygen atoms in total. The average molecular weight is 303 g/mol. The second-order valence-electron chi connectivity index (χ2n) is 4.93. The van der Waals surface area contributed by atoms with Gasteiger partial charge in [0, 0.05) is 15.4 Å². The van der Waals surface area contributed by atoms with Crippen molar-refractivity contribution in [2.24, 2.45) is 4.99 Å². The normalized spacial score (nSPS) is 18.3. The molecule has 0 amide bonds. The number of benzene rings is 2. The Bertz CT molecular complexity index is 665. The van der Waals surface area contributed by atoms with Crippen LogP contribution in [0.1, 0.15) is 18.4 Å². The van der Waals surface area contributed by atoms with Gasteiger partial charge in [-0.1, -0.05) is 42.1 Å². The van der Waals surface area contributed by atoms with Crippen molar-refractivity contribution >= 4 is 35.7 Å². The van der Waals surface area contributed by atoms with E-state index in [4.69, 9.17) is 4.99 Å². The van der Waals surface area contributed by atoms with Crippen LogP contribution in [0.3, 0.4) is 0 Å². The third kappa shape index (κ3) is 2.56. The number of anilines is 1. The largest absolute Gasteiger partial charge is 0.339 e. The van der Waals surface area contributed by atoms with Crippen molar-refractivity contribution in [1.82, 2.24) is 0 Å². The summed E-state index contributed by atoms with van der Waals surface area (Å²) in [5.74, 6) is 1.02. The zero-order valence-corrected chi connectivity index (χ0v) is 12.5. The zero-order chi connectivity index (χ0) is 12.7. The third-order valence-electron chi connectivity index (χ3n) is 3.36. The fourth-order valence-corrected chi connectivity index (χ4v) is 3.25. The van der Waals surface area contributed by atoms with Crippen molar-refractivity contribution in [2.45, 2.75) is 28.7 Å². The summed E-state index contributed by atoms with van der Waals surface area (Å²) in [7, 11) is 0. The van der Waals surface area contributed by atoms with Gasteiger partial charge in [-0.05, 0) is 31.0 Å². The van der Waals surface area contributed by atoms with Crippen LogP contribution < -0.4 is 5.32 Å². The molecule has 1 heterocycles. The second-order valence-corrected chi connectivity index (χ2v) is 6.01. The molecule has 1 saturated carbocycles. The van der Waals surface area contributed by atoms with Gasteiger partial charge in [0.15, 0.2) is 0 Å². The molecule has 0 saturated heterocycles. The van der Waals surface area contributed by atoms with Crippen LogP contribution in [-0.4, -0.2) is 11.9 Å². The molecule has 20 heavy (non-hydrogen) atoms. The summed E-state index contributed by atoms with van der Waals surface area (Å²) < 4.78 is 0. The lowest BCUT2D eigenvalue weighted by Crippen LogP contribution is -2.14. The first-order valence-corrected chi connectivity index (χ1v) is 7.43. The minimum Gasteiger partial charge on any atom is -0.339 e. The molecule has 4 rings (SSSR count). The Morgan fingerprint density at radius 1 is 0.950 bits per heavy atom. The third-order valence-corrected chi connectivity index (χ3v) is 4.51. The highest BCUT2D eigenvalue weighted by Crippen LogP contribution is 2.39. The Morgan fingerprint density at radius 2 is 1.65 bits per heavy atom. The number of hydrogen-bond donors (Lipinski definition) is 1. The molecule has 4 heteroatoms. The van der Waals surface area contributed by atoms with E-state index in [1.165, 1.54) is 28.2 Å². The molecule has 1 N–H and O–H groups in total. The van der Waals surface area contributed by atoms with Crippen LogP contribution in [0.4, 0.5) is 5.69 Å². The van der Waals surface area contributed by atoms with Crippen molar-refractivity contribution in [3.63, 3.8) is 0 Å². The molecule has 0 aromatic heterocycles. The molecular formula is C16H15ClN2S. The maximum absolute atomic E-state index is 4.84. The highest BCUT2D eigenvalue weighted by molar-refractivity contribution is 7.99. The molecule has 0 atom stereocenters. The number of halogens is 1. The predicted molar refractivity (Wildman–Crippen MR) is 87.4 cm³/mol. The van der Waals surface area contributed by atoms with Crippen LogP contribution in [-0.2, 0) is 0 Å². The van der Waals surface area contributed by atoms with Gasteiger partial charge in [-0.2, -0.15) is 0 Å². The van der Waals surface area contributed by atoms with Crippen LogP contribution in [0.25, 0.3) is 0 Å². The fourth-order valence-electron chi connectivity index (χ4n) is 2.21. The van der Waals surface area contributed by atoms with Gasteiger partial charge in [0.2, 0.25) is 0 Å². The van der Waals surface area contributed by atoms with Crippen LogP contribution in [0.2, 0.25) is 0 Å². The molecule has 1 aliphatic carbocycles. The van der Waals surface area contributed by atoms with Crippen molar-refractivity contribution < 1.29 is 0 Å². The Hall–Kier alpha value is -1.45.